The van der Waals surface area contributed by atoms with Gasteiger partial charge in [0.1, 0.15) is 6.23 Å². The summed E-state index contributed by atoms with van der Waals surface area (Å²) in [6.07, 6.45) is 4.77. The Morgan fingerprint density at radius 1 is 1.57 bits per heavy atom. The van der Waals surface area contributed by atoms with Gasteiger partial charge in [-0.1, -0.05) is 6.08 Å². The third-order valence-electron chi connectivity index (χ3n) is 1.34. The van der Waals surface area contributed by atoms with Crippen molar-refractivity contribution in [1.82, 2.24) is 5.32 Å². The molecule has 2 atom stereocenters. The molecule has 1 N–H and O–H groups in total. The average Bonchev–Trinajstić information content (AvgIpc) is 2.22. The minimum absolute atomic E-state index is 0.241. The van der Waals surface area contributed by atoms with E-state index in [4.69, 9.17) is 4.74 Å². The van der Waals surface area contributed by atoms with Gasteiger partial charge >= 0.3 is 0 Å². The molecule has 0 aliphatic carbocycles. The minimum Gasteiger partial charge on any atom is -0.351 e. The van der Waals surface area contributed by atoms with Crippen molar-refractivity contribution in [1.29, 1.82) is 0 Å². The van der Waals surface area contributed by atoms with Gasteiger partial charge in [0.25, 0.3) is 0 Å². The molecule has 38 valence electrons. The Bertz CT molecular complexity index is 98.6. The number of hydrogen-bond donors (Lipinski definition) is 1. The van der Waals surface area contributed by atoms with Crippen LogP contribution in [-0.4, -0.2) is 18.9 Å². The van der Waals surface area contributed by atoms with E-state index in [0.29, 0.717) is 6.10 Å². The summed E-state index contributed by atoms with van der Waals surface area (Å²) in [5.74, 6) is 0. The van der Waals surface area contributed by atoms with Crippen LogP contribution >= 0.6 is 0 Å². The standard InChI is InChI=1S/C5H7NO/c1-2-5-6-3-4(1)7-5/h1-2,4-6H,3H2. The zero-order valence-corrected chi connectivity index (χ0v) is 3.92. The van der Waals surface area contributed by atoms with Gasteiger partial charge in [-0.25, -0.2) is 0 Å². The first-order valence-electron chi connectivity index (χ1n) is 2.52. The molecular formula is C5H7NO. The summed E-state index contributed by atoms with van der Waals surface area (Å²) in [4.78, 5) is 0. The predicted octanol–water partition coefficient (Wildman–Crippen LogP) is -0.129. The quantitative estimate of drug-likeness (QED) is 0.425. The van der Waals surface area contributed by atoms with Gasteiger partial charge in [-0.15, -0.1) is 0 Å². The van der Waals surface area contributed by atoms with Gasteiger partial charge < -0.3 is 4.74 Å². The molecule has 2 bridgehead atoms. The molecule has 2 unspecified atom stereocenters. The van der Waals surface area contributed by atoms with E-state index in [1.165, 1.54) is 0 Å². The van der Waals surface area contributed by atoms with Gasteiger partial charge in [-0.3, -0.25) is 5.32 Å². The molecule has 2 rings (SSSR count). The summed E-state index contributed by atoms with van der Waals surface area (Å²) in [7, 11) is 0. The SMILES string of the molecule is C1=CC2NCC1O2. The van der Waals surface area contributed by atoms with Gasteiger partial charge in [0.05, 0.1) is 6.10 Å². The first-order valence-corrected chi connectivity index (χ1v) is 2.52. The lowest BCUT2D eigenvalue weighted by Gasteiger charge is -1.96. The molecular weight excluding hydrogens is 90.1 g/mol. The van der Waals surface area contributed by atoms with Crippen LogP contribution in [0.5, 0.6) is 0 Å². The van der Waals surface area contributed by atoms with Gasteiger partial charge in [0, 0.05) is 6.54 Å². The summed E-state index contributed by atoms with van der Waals surface area (Å²) in [6, 6.07) is 0. The van der Waals surface area contributed by atoms with E-state index in [9.17, 15) is 0 Å². The lowest BCUT2D eigenvalue weighted by Crippen LogP contribution is -2.21. The fourth-order valence-corrected chi connectivity index (χ4v) is 0.968. The first kappa shape index (κ1) is 3.64. The van der Waals surface area contributed by atoms with Crippen molar-refractivity contribution in [2.45, 2.75) is 12.3 Å². The van der Waals surface area contributed by atoms with Gasteiger partial charge in [-0.05, 0) is 6.08 Å². The van der Waals surface area contributed by atoms with E-state index in [2.05, 4.69) is 11.4 Å². The van der Waals surface area contributed by atoms with Crippen molar-refractivity contribution in [3.05, 3.63) is 12.2 Å². The third-order valence-corrected chi connectivity index (χ3v) is 1.34. The van der Waals surface area contributed by atoms with Crippen LogP contribution in [-0.2, 0) is 4.74 Å². The number of ether oxygens (including phenoxy) is 1. The molecule has 0 aromatic carbocycles. The second-order valence-corrected chi connectivity index (χ2v) is 1.89. The van der Waals surface area contributed by atoms with E-state index >= 15 is 0 Å². The summed E-state index contributed by atoms with van der Waals surface area (Å²) >= 11 is 0. The molecule has 1 fully saturated rings. The third kappa shape index (κ3) is 0.406. The van der Waals surface area contributed by atoms with E-state index in [1.807, 2.05) is 6.08 Å². The highest BCUT2D eigenvalue weighted by molar-refractivity contribution is 5.06. The van der Waals surface area contributed by atoms with Crippen LogP contribution in [0.15, 0.2) is 12.2 Å². The fraction of sp³-hybridized carbons (Fsp3) is 0.600. The predicted molar refractivity (Wildman–Crippen MR) is 25.8 cm³/mol. The molecule has 0 saturated carbocycles. The maximum Gasteiger partial charge on any atom is 0.128 e. The van der Waals surface area contributed by atoms with Crippen LogP contribution in [0.4, 0.5) is 0 Å². The van der Waals surface area contributed by atoms with Gasteiger partial charge in [-0.2, -0.15) is 0 Å². The Morgan fingerprint density at radius 3 is 2.71 bits per heavy atom. The number of rotatable bonds is 0. The number of hydrogen-bond acceptors (Lipinski definition) is 2. The summed E-state index contributed by atoms with van der Waals surface area (Å²) in [6.45, 7) is 1.00. The zero-order chi connectivity index (χ0) is 4.69. The molecule has 0 aromatic heterocycles. The Labute approximate surface area is 42.2 Å². The molecule has 7 heavy (non-hydrogen) atoms. The highest BCUT2D eigenvalue weighted by Gasteiger charge is 2.25. The Kier molecular flexibility index (Phi) is 0.562. The molecule has 0 radical (unpaired) electrons. The van der Waals surface area contributed by atoms with Crippen LogP contribution in [0, 0.1) is 0 Å². The lowest BCUT2D eigenvalue weighted by molar-refractivity contribution is 0.117. The largest absolute Gasteiger partial charge is 0.351 e. The molecule has 2 heterocycles. The molecule has 0 aromatic rings. The van der Waals surface area contributed by atoms with Crippen LogP contribution in [0.3, 0.4) is 0 Å². The maximum absolute atomic E-state index is 5.25. The molecule has 2 aliphatic heterocycles. The fourth-order valence-electron chi connectivity index (χ4n) is 0.968. The maximum atomic E-state index is 5.25. The topological polar surface area (TPSA) is 21.3 Å². The first-order chi connectivity index (χ1) is 3.45. The average molecular weight is 97.1 g/mol. The molecule has 2 heteroatoms. The monoisotopic (exact) mass is 97.1 g/mol. The highest BCUT2D eigenvalue weighted by Crippen LogP contribution is 2.13. The lowest BCUT2D eigenvalue weighted by atomic mass is 10.3. The van der Waals surface area contributed by atoms with Crippen molar-refractivity contribution in [2.75, 3.05) is 6.54 Å². The van der Waals surface area contributed by atoms with E-state index in [-0.39, 0.29) is 6.23 Å². The van der Waals surface area contributed by atoms with Crippen LogP contribution in [0.2, 0.25) is 0 Å². The summed E-state index contributed by atoms with van der Waals surface area (Å²) in [5.41, 5.74) is 0. The normalized spacial score (nSPS) is 45.7. The summed E-state index contributed by atoms with van der Waals surface area (Å²) < 4.78 is 5.25. The van der Waals surface area contributed by atoms with Crippen molar-refractivity contribution >= 4 is 0 Å². The van der Waals surface area contributed by atoms with Crippen molar-refractivity contribution in [2.24, 2.45) is 0 Å². The Balaban J connectivity index is 2.27. The van der Waals surface area contributed by atoms with Crippen LogP contribution < -0.4 is 5.32 Å². The Morgan fingerprint density at radius 2 is 2.57 bits per heavy atom. The van der Waals surface area contributed by atoms with Crippen molar-refractivity contribution in [3.8, 4) is 0 Å². The molecule has 0 amide bonds. The number of nitrogens with one attached hydrogen (secondary N) is 1. The van der Waals surface area contributed by atoms with E-state index in [1.54, 1.807) is 0 Å². The van der Waals surface area contributed by atoms with E-state index in [0.717, 1.165) is 6.54 Å². The summed E-state index contributed by atoms with van der Waals surface area (Å²) in [5, 5.41) is 3.15. The minimum atomic E-state index is 0.241. The zero-order valence-electron chi connectivity index (χ0n) is 3.92. The molecule has 0 spiro atoms. The van der Waals surface area contributed by atoms with Gasteiger partial charge in [0.2, 0.25) is 0 Å². The van der Waals surface area contributed by atoms with Crippen LogP contribution in [0.25, 0.3) is 0 Å². The molecule has 2 aliphatic rings. The Hall–Kier alpha value is -0.340. The van der Waals surface area contributed by atoms with Crippen LogP contribution in [0.1, 0.15) is 0 Å². The van der Waals surface area contributed by atoms with Crippen molar-refractivity contribution < 1.29 is 4.74 Å². The van der Waals surface area contributed by atoms with E-state index < -0.39 is 0 Å². The van der Waals surface area contributed by atoms with Crippen molar-refractivity contribution in [3.63, 3.8) is 0 Å². The second kappa shape index (κ2) is 1.08. The number of fused-ring (bicyclic) bond motifs is 2. The second-order valence-electron chi connectivity index (χ2n) is 1.89. The molecule has 1 saturated heterocycles. The smallest absolute Gasteiger partial charge is 0.128 e. The highest BCUT2D eigenvalue weighted by atomic mass is 16.5. The van der Waals surface area contributed by atoms with Gasteiger partial charge in [0.15, 0.2) is 0 Å². The molecule has 2 nitrogen and oxygen atoms in total.